The molecule has 3 heterocycles. The summed E-state index contributed by atoms with van der Waals surface area (Å²) in [6.07, 6.45) is 2.40. The van der Waals surface area contributed by atoms with E-state index in [0.717, 1.165) is 30.1 Å². The lowest BCUT2D eigenvalue weighted by atomic mass is 10.0. The van der Waals surface area contributed by atoms with E-state index in [1.54, 1.807) is 36.4 Å². The molecule has 5 rings (SSSR count). The molecule has 0 saturated carbocycles. The average molecular weight is 552 g/mol. The zero-order chi connectivity index (χ0) is 27.4. The molecule has 1 fully saturated rings. The fourth-order valence-electron chi connectivity index (χ4n) is 4.98. The Morgan fingerprint density at radius 3 is 2.51 bits per heavy atom. The van der Waals surface area contributed by atoms with Crippen molar-refractivity contribution in [2.45, 2.75) is 12.5 Å². The number of hydrogen-bond acceptors (Lipinski definition) is 5. The number of hydrazone groups is 1. The summed E-state index contributed by atoms with van der Waals surface area (Å²) in [6.45, 7) is 3.60. The number of amides is 2. The van der Waals surface area contributed by atoms with E-state index in [9.17, 15) is 14.0 Å². The maximum atomic E-state index is 13.9. The molecule has 204 valence electrons. The number of halogens is 2. The minimum absolute atomic E-state index is 0.171. The Balaban J connectivity index is 1.41. The van der Waals surface area contributed by atoms with Crippen molar-refractivity contribution in [1.82, 2.24) is 19.4 Å². The topological polar surface area (TPSA) is 70.4 Å². The van der Waals surface area contributed by atoms with E-state index < -0.39 is 6.04 Å². The first-order valence-corrected chi connectivity index (χ1v) is 13.4. The van der Waals surface area contributed by atoms with Gasteiger partial charge in [-0.15, -0.1) is 0 Å². The van der Waals surface area contributed by atoms with Gasteiger partial charge in [-0.3, -0.25) is 14.5 Å². The SMILES string of the molecule is Cn1cccc1C1=NN(C(=O)CN(CCN2CCOCC2)C(=O)c2ccccc2Cl)[C@H](c2ccc(F)cc2)C1. The van der Waals surface area contributed by atoms with Gasteiger partial charge in [-0.25, -0.2) is 9.40 Å². The molecule has 1 saturated heterocycles. The molecule has 0 radical (unpaired) electrons. The lowest BCUT2D eigenvalue weighted by Gasteiger charge is -2.31. The average Bonchev–Trinajstić information content (AvgIpc) is 3.58. The minimum atomic E-state index is -0.417. The molecule has 0 aliphatic carbocycles. The van der Waals surface area contributed by atoms with Crippen LogP contribution in [0.25, 0.3) is 0 Å². The summed E-state index contributed by atoms with van der Waals surface area (Å²) in [4.78, 5) is 31.2. The zero-order valence-electron chi connectivity index (χ0n) is 21.8. The predicted octanol–water partition coefficient (Wildman–Crippen LogP) is 3.97. The van der Waals surface area contributed by atoms with Crippen molar-refractivity contribution in [2.75, 3.05) is 45.9 Å². The molecule has 2 aliphatic rings. The van der Waals surface area contributed by atoms with Crippen molar-refractivity contribution in [3.05, 3.63) is 94.5 Å². The van der Waals surface area contributed by atoms with Gasteiger partial charge in [-0.05, 0) is 42.0 Å². The Hall–Kier alpha value is -3.53. The molecule has 10 heteroatoms. The summed E-state index contributed by atoms with van der Waals surface area (Å²) >= 11 is 6.36. The number of rotatable bonds is 8. The molecule has 2 aliphatic heterocycles. The molecule has 3 aromatic rings. The van der Waals surface area contributed by atoms with Crippen LogP contribution in [-0.2, 0) is 16.6 Å². The summed E-state index contributed by atoms with van der Waals surface area (Å²) in [6, 6.07) is 16.4. The van der Waals surface area contributed by atoms with Gasteiger partial charge in [0.25, 0.3) is 11.8 Å². The minimum Gasteiger partial charge on any atom is -0.379 e. The van der Waals surface area contributed by atoms with Gasteiger partial charge >= 0.3 is 0 Å². The molecule has 2 amide bonds. The van der Waals surface area contributed by atoms with E-state index in [1.807, 2.05) is 29.9 Å². The second kappa shape index (κ2) is 12.1. The van der Waals surface area contributed by atoms with E-state index in [0.29, 0.717) is 43.3 Å². The number of morpholine rings is 1. The van der Waals surface area contributed by atoms with Crippen molar-refractivity contribution in [3.8, 4) is 0 Å². The number of nitrogens with zero attached hydrogens (tertiary/aromatic N) is 5. The smallest absolute Gasteiger partial charge is 0.262 e. The molecule has 0 spiro atoms. The van der Waals surface area contributed by atoms with Crippen molar-refractivity contribution < 1.29 is 18.7 Å². The second-order valence-electron chi connectivity index (χ2n) is 9.72. The Kier molecular flexibility index (Phi) is 8.40. The van der Waals surface area contributed by atoms with Gasteiger partial charge in [0.05, 0.1) is 41.2 Å². The zero-order valence-corrected chi connectivity index (χ0v) is 22.6. The summed E-state index contributed by atoms with van der Waals surface area (Å²) in [5.41, 5.74) is 2.77. The van der Waals surface area contributed by atoms with Crippen LogP contribution >= 0.6 is 11.6 Å². The largest absolute Gasteiger partial charge is 0.379 e. The molecular formula is C29H31ClFN5O3. The normalized spacial score (nSPS) is 17.8. The van der Waals surface area contributed by atoms with Gasteiger partial charge in [-0.2, -0.15) is 5.10 Å². The first kappa shape index (κ1) is 27.1. The Morgan fingerprint density at radius 2 is 1.82 bits per heavy atom. The van der Waals surface area contributed by atoms with Gasteiger partial charge in [0.15, 0.2) is 0 Å². The summed E-state index contributed by atoms with van der Waals surface area (Å²) < 4.78 is 21.1. The molecule has 1 atom stereocenters. The molecule has 39 heavy (non-hydrogen) atoms. The van der Waals surface area contributed by atoms with E-state index in [4.69, 9.17) is 21.4 Å². The van der Waals surface area contributed by atoms with Crippen LogP contribution in [0.1, 0.15) is 34.1 Å². The van der Waals surface area contributed by atoms with Gasteiger partial charge in [0.1, 0.15) is 12.4 Å². The maximum absolute atomic E-state index is 13.9. The van der Waals surface area contributed by atoms with Crippen LogP contribution in [0.2, 0.25) is 5.02 Å². The maximum Gasteiger partial charge on any atom is 0.262 e. The van der Waals surface area contributed by atoms with E-state index in [-0.39, 0.29) is 24.2 Å². The molecule has 1 aromatic heterocycles. The number of ether oxygens (including phenoxy) is 1. The number of carbonyl (C=O) groups is 2. The highest BCUT2D eigenvalue weighted by Crippen LogP contribution is 2.33. The fourth-order valence-corrected chi connectivity index (χ4v) is 5.20. The molecule has 0 unspecified atom stereocenters. The quantitative estimate of drug-likeness (QED) is 0.425. The Morgan fingerprint density at radius 1 is 1.08 bits per heavy atom. The Labute approximate surface area is 232 Å². The molecule has 0 bridgehead atoms. The van der Waals surface area contributed by atoms with Crippen LogP contribution in [0.15, 0.2) is 72.0 Å². The van der Waals surface area contributed by atoms with E-state index >= 15 is 0 Å². The highest BCUT2D eigenvalue weighted by molar-refractivity contribution is 6.33. The third-order valence-electron chi connectivity index (χ3n) is 7.17. The van der Waals surface area contributed by atoms with Crippen molar-refractivity contribution in [1.29, 1.82) is 0 Å². The van der Waals surface area contributed by atoms with Crippen LogP contribution in [-0.4, -0.2) is 82.8 Å². The summed E-state index contributed by atoms with van der Waals surface area (Å²) in [7, 11) is 1.92. The summed E-state index contributed by atoms with van der Waals surface area (Å²) in [5, 5.41) is 6.49. The second-order valence-corrected chi connectivity index (χ2v) is 10.1. The van der Waals surface area contributed by atoms with Crippen molar-refractivity contribution in [3.63, 3.8) is 0 Å². The third kappa shape index (κ3) is 6.21. The van der Waals surface area contributed by atoms with Crippen molar-refractivity contribution in [2.24, 2.45) is 12.1 Å². The molecule has 0 N–H and O–H groups in total. The van der Waals surface area contributed by atoms with Crippen LogP contribution < -0.4 is 0 Å². The molecule has 2 aromatic carbocycles. The number of hydrogen-bond donors (Lipinski definition) is 0. The highest BCUT2D eigenvalue weighted by atomic mass is 35.5. The van der Waals surface area contributed by atoms with Crippen LogP contribution in [0.3, 0.4) is 0 Å². The first-order valence-electron chi connectivity index (χ1n) is 13.0. The Bertz CT molecular complexity index is 1350. The lowest BCUT2D eigenvalue weighted by Crippen LogP contribution is -2.46. The first-order chi connectivity index (χ1) is 18.9. The summed E-state index contributed by atoms with van der Waals surface area (Å²) in [5.74, 6) is -0.986. The van der Waals surface area contributed by atoms with Crippen LogP contribution in [0, 0.1) is 5.82 Å². The molecule has 8 nitrogen and oxygen atoms in total. The number of carbonyl (C=O) groups excluding carboxylic acids is 2. The van der Waals surface area contributed by atoms with Crippen LogP contribution in [0.4, 0.5) is 4.39 Å². The van der Waals surface area contributed by atoms with Gasteiger partial charge in [-0.1, -0.05) is 35.9 Å². The van der Waals surface area contributed by atoms with Gasteiger partial charge in [0.2, 0.25) is 0 Å². The standard InChI is InChI=1S/C29H31ClFN5O3/c1-33-12-4-7-26(33)25-19-27(21-8-10-22(31)11-9-21)36(32-25)28(37)20-35(14-13-34-15-17-39-18-16-34)29(38)23-5-2-3-6-24(23)30/h2-12,27H,13-20H2,1H3/t27-/m0/s1. The van der Waals surface area contributed by atoms with E-state index in [2.05, 4.69) is 4.90 Å². The predicted molar refractivity (Wildman–Crippen MR) is 147 cm³/mol. The van der Waals surface area contributed by atoms with E-state index in [1.165, 1.54) is 22.0 Å². The lowest BCUT2D eigenvalue weighted by molar-refractivity contribution is -0.133. The molecular weight excluding hydrogens is 521 g/mol. The number of aryl methyl sites for hydroxylation is 1. The fraction of sp³-hybridized carbons (Fsp3) is 0.345. The van der Waals surface area contributed by atoms with Gasteiger partial charge < -0.3 is 14.2 Å². The monoisotopic (exact) mass is 551 g/mol. The number of aromatic nitrogens is 1. The van der Waals surface area contributed by atoms with Crippen LogP contribution in [0.5, 0.6) is 0 Å². The van der Waals surface area contributed by atoms with Crippen molar-refractivity contribution >= 4 is 29.1 Å². The highest BCUT2D eigenvalue weighted by Gasteiger charge is 2.35. The van der Waals surface area contributed by atoms with Gasteiger partial charge in [0, 0.05) is 45.8 Å². The number of benzene rings is 2. The third-order valence-corrected chi connectivity index (χ3v) is 7.50.